The zero-order valence-electron chi connectivity index (χ0n) is 16.3. The molecule has 0 aliphatic rings. The van der Waals surface area contributed by atoms with Gasteiger partial charge in [0.25, 0.3) is 5.91 Å². The number of nitrogens with one attached hydrogen (secondary N) is 2. The van der Waals surface area contributed by atoms with Crippen LogP contribution in [-0.2, 0) is 11.3 Å². The number of nitrogens with zero attached hydrogens (tertiary/aromatic N) is 5. The van der Waals surface area contributed by atoms with Gasteiger partial charge in [0.05, 0.1) is 18.6 Å². The highest BCUT2D eigenvalue weighted by Crippen LogP contribution is 2.23. The second-order valence-corrected chi connectivity index (χ2v) is 8.32. The highest BCUT2D eigenvalue weighted by Gasteiger charge is 2.18. The molecule has 3 heterocycles. The lowest BCUT2D eigenvalue weighted by Gasteiger charge is -2.10. The molecule has 1 aromatic carbocycles. The number of aryl methyl sites for hydroxylation is 1. The van der Waals surface area contributed by atoms with E-state index in [0.717, 1.165) is 10.7 Å². The number of benzene rings is 1. The minimum absolute atomic E-state index is 0.113. The molecule has 2 amide bonds. The van der Waals surface area contributed by atoms with E-state index in [2.05, 4.69) is 31.0 Å². The number of hydrogen-bond donors (Lipinski definition) is 2. The van der Waals surface area contributed by atoms with Gasteiger partial charge >= 0.3 is 0 Å². The molecule has 0 radical (unpaired) electrons. The standard InChI is InChI=1S/C19H17N7O3S2/c1-12-22-24-18(31-12)21-16(27)11-30-19-25-23-15(26(19)13-6-3-2-4-7-13)10-20-17(28)14-8-5-9-29-14/h2-9H,10-11H2,1H3,(H,20,28)(H,21,24,27). The number of aromatic nitrogens is 5. The minimum atomic E-state index is -0.353. The summed E-state index contributed by atoms with van der Waals surface area (Å²) in [6.45, 7) is 1.95. The number of furan rings is 1. The summed E-state index contributed by atoms with van der Waals surface area (Å²) in [5, 5.41) is 23.4. The third-order valence-corrected chi connectivity index (χ3v) is 5.65. The van der Waals surface area contributed by atoms with E-state index >= 15 is 0 Å². The Kier molecular flexibility index (Phi) is 6.38. The predicted octanol–water partition coefficient (Wildman–Crippen LogP) is 2.68. The third-order valence-electron chi connectivity index (χ3n) is 3.97. The average Bonchev–Trinajstić information content (AvgIpc) is 3.52. The number of rotatable bonds is 8. The van der Waals surface area contributed by atoms with Crippen LogP contribution >= 0.6 is 23.1 Å². The van der Waals surface area contributed by atoms with Crippen molar-refractivity contribution in [3.63, 3.8) is 0 Å². The monoisotopic (exact) mass is 455 g/mol. The zero-order chi connectivity index (χ0) is 21.6. The molecule has 10 nitrogen and oxygen atoms in total. The van der Waals surface area contributed by atoms with E-state index in [-0.39, 0.29) is 29.9 Å². The molecule has 31 heavy (non-hydrogen) atoms. The Morgan fingerprint density at radius 1 is 1.10 bits per heavy atom. The van der Waals surface area contributed by atoms with Gasteiger partial charge in [0.2, 0.25) is 11.0 Å². The van der Waals surface area contributed by atoms with E-state index < -0.39 is 0 Å². The van der Waals surface area contributed by atoms with Crippen LogP contribution in [0.2, 0.25) is 0 Å². The second-order valence-electron chi connectivity index (χ2n) is 6.19. The molecule has 4 aromatic rings. The molecule has 2 N–H and O–H groups in total. The summed E-state index contributed by atoms with van der Waals surface area (Å²) in [5.41, 5.74) is 0.817. The molecule has 158 valence electrons. The van der Waals surface area contributed by atoms with Crippen LogP contribution in [0.1, 0.15) is 21.4 Å². The van der Waals surface area contributed by atoms with Crippen LogP contribution in [0.4, 0.5) is 5.13 Å². The van der Waals surface area contributed by atoms with E-state index in [1.165, 1.54) is 29.4 Å². The van der Waals surface area contributed by atoms with Gasteiger partial charge in [0, 0.05) is 5.69 Å². The highest BCUT2D eigenvalue weighted by atomic mass is 32.2. The van der Waals surface area contributed by atoms with Crippen molar-refractivity contribution in [1.29, 1.82) is 0 Å². The number of carbonyl (C=O) groups is 2. The lowest BCUT2D eigenvalue weighted by Crippen LogP contribution is -2.24. The van der Waals surface area contributed by atoms with Crippen molar-refractivity contribution in [2.45, 2.75) is 18.6 Å². The van der Waals surface area contributed by atoms with E-state index in [1.54, 1.807) is 16.7 Å². The van der Waals surface area contributed by atoms with Gasteiger partial charge in [-0.15, -0.1) is 20.4 Å². The summed E-state index contributed by atoms with van der Waals surface area (Å²) in [4.78, 5) is 24.5. The lowest BCUT2D eigenvalue weighted by atomic mass is 10.3. The molecule has 0 bridgehead atoms. The quantitative estimate of drug-likeness (QED) is 0.388. The molecule has 0 fully saturated rings. The number of carbonyl (C=O) groups excluding carboxylic acids is 2. The first-order valence-electron chi connectivity index (χ1n) is 9.14. The van der Waals surface area contributed by atoms with Crippen LogP contribution in [-0.4, -0.2) is 42.5 Å². The Balaban J connectivity index is 1.48. The first-order chi connectivity index (χ1) is 15.1. The molecular weight excluding hydrogens is 438 g/mol. The van der Waals surface area contributed by atoms with Gasteiger partial charge in [-0.25, -0.2) is 0 Å². The SMILES string of the molecule is Cc1nnc(NC(=O)CSc2nnc(CNC(=O)c3ccco3)n2-c2ccccc2)s1. The van der Waals surface area contributed by atoms with Crippen molar-refractivity contribution in [3.8, 4) is 5.69 Å². The summed E-state index contributed by atoms with van der Waals surface area (Å²) >= 11 is 2.54. The lowest BCUT2D eigenvalue weighted by molar-refractivity contribution is -0.113. The van der Waals surface area contributed by atoms with Gasteiger partial charge < -0.3 is 9.73 Å². The average molecular weight is 456 g/mol. The van der Waals surface area contributed by atoms with Crippen molar-refractivity contribution < 1.29 is 14.0 Å². The molecule has 0 aliphatic carbocycles. The molecule has 4 rings (SSSR count). The van der Waals surface area contributed by atoms with Crippen LogP contribution in [0, 0.1) is 6.92 Å². The topological polar surface area (TPSA) is 128 Å². The number of anilines is 1. The molecular formula is C19H17N7O3S2. The zero-order valence-corrected chi connectivity index (χ0v) is 17.9. The van der Waals surface area contributed by atoms with Crippen LogP contribution in [0.25, 0.3) is 5.69 Å². The second kappa shape index (κ2) is 9.53. The number of hydrogen-bond acceptors (Lipinski definition) is 9. The van der Waals surface area contributed by atoms with Crippen LogP contribution in [0.3, 0.4) is 0 Å². The van der Waals surface area contributed by atoms with Gasteiger partial charge in [-0.1, -0.05) is 41.3 Å². The first kappa shape index (κ1) is 20.8. The summed E-state index contributed by atoms with van der Waals surface area (Å²) in [5.74, 6) is 0.269. The Bertz CT molecular complexity index is 1170. The summed E-state index contributed by atoms with van der Waals surface area (Å²) in [6.07, 6.45) is 1.43. The summed E-state index contributed by atoms with van der Waals surface area (Å²) in [6, 6.07) is 12.7. The molecule has 0 aliphatic heterocycles. The Hall–Kier alpha value is -3.51. The molecule has 0 saturated carbocycles. The van der Waals surface area contributed by atoms with E-state index in [4.69, 9.17) is 4.42 Å². The fraction of sp³-hybridized carbons (Fsp3) is 0.158. The predicted molar refractivity (Wildman–Crippen MR) is 115 cm³/mol. The van der Waals surface area contributed by atoms with Crippen molar-refractivity contribution >= 4 is 40.0 Å². The van der Waals surface area contributed by atoms with Gasteiger partial charge in [-0.2, -0.15) is 0 Å². The van der Waals surface area contributed by atoms with Crippen molar-refractivity contribution in [1.82, 2.24) is 30.3 Å². The molecule has 0 saturated heterocycles. The van der Waals surface area contributed by atoms with Gasteiger partial charge in [0.1, 0.15) is 5.01 Å². The molecule has 12 heteroatoms. The third kappa shape index (κ3) is 5.16. The van der Waals surface area contributed by atoms with Crippen LogP contribution < -0.4 is 10.6 Å². The smallest absolute Gasteiger partial charge is 0.287 e. The van der Waals surface area contributed by atoms with Crippen molar-refractivity contribution in [3.05, 3.63) is 65.3 Å². The highest BCUT2D eigenvalue weighted by molar-refractivity contribution is 7.99. The largest absolute Gasteiger partial charge is 0.459 e. The van der Waals surface area contributed by atoms with Crippen molar-refractivity contribution in [2.24, 2.45) is 0 Å². The minimum Gasteiger partial charge on any atom is -0.459 e. The number of thioether (sulfide) groups is 1. The Morgan fingerprint density at radius 2 is 1.94 bits per heavy atom. The van der Waals surface area contributed by atoms with Crippen molar-refractivity contribution in [2.75, 3.05) is 11.1 Å². The Morgan fingerprint density at radius 3 is 2.65 bits per heavy atom. The maximum absolute atomic E-state index is 12.3. The van der Waals surface area contributed by atoms with Crippen LogP contribution in [0.5, 0.6) is 0 Å². The van der Waals surface area contributed by atoms with E-state index in [9.17, 15) is 9.59 Å². The molecule has 0 unspecified atom stereocenters. The maximum atomic E-state index is 12.3. The number of amides is 2. The van der Waals surface area contributed by atoms with E-state index in [0.29, 0.717) is 16.1 Å². The maximum Gasteiger partial charge on any atom is 0.287 e. The summed E-state index contributed by atoms with van der Waals surface area (Å²) < 4.78 is 6.91. The molecule has 0 spiro atoms. The Labute approximate surface area is 185 Å². The summed E-state index contributed by atoms with van der Waals surface area (Å²) in [7, 11) is 0. The van der Waals surface area contributed by atoms with E-state index in [1.807, 2.05) is 37.3 Å². The first-order valence-corrected chi connectivity index (χ1v) is 10.9. The fourth-order valence-electron chi connectivity index (χ4n) is 2.63. The van der Waals surface area contributed by atoms with Gasteiger partial charge in [-0.05, 0) is 31.2 Å². The molecule has 0 atom stereocenters. The normalized spacial score (nSPS) is 10.7. The number of para-hydroxylation sites is 1. The van der Waals surface area contributed by atoms with Crippen LogP contribution in [0.15, 0.2) is 58.3 Å². The van der Waals surface area contributed by atoms with Gasteiger partial charge in [0.15, 0.2) is 16.7 Å². The van der Waals surface area contributed by atoms with Gasteiger partial charge in [-0.3, -0.25) is 19.5 Å². The molecule has 3 aromatic heterocycles. The fourth-order valence-corrected chi connectivity index (χ4v) is 4.01.